The zero-order valence-corrected chi connectivity index (χ0v) is 10.5. The van der Waals surface area contributed by atoms with E-state index in [2.05, 4.69) is 24.4 Å². The summed E-state index contributed by atoms with van der Waals surface area (Å²) in [5.41, 5.74) is 1.29. The highest BCUT2D eigenvalue weighted by Gasteiger charge is 2.09. The summed E-state index contributed by atoms with van der Waals surface area (Å²) in [6, 6.07) is 6.12. The van der Waals surface area contributed by atoms with Crippen LogP contribution in [0, 0.1) is 0 Å². The molecular weight excluding hydrogens is 202 g/mol. The molecule has 0 saturated heterocycles. The van der Waals surface area contributed by atoms with Crippen LogP contribution in [0.2, 0.25) is 0 Å². The van der Waals surface area contributed by atoms with Crippen molar-refractivity contribution in [1.82, 2.24) is 5.32 Å². The third-order valence-corrected chi connectivity index (χ3v) is 2.80. The van der Waals surface area contributed by atoms with Crippen molar-refractivity contribution in [3.63, 3.8) is 0 Å². The van der Waals surface area contributed by atoms with E-state index in [1.54, 1.807) is 14.2 Å². The van der Waals surface area contributed by atoms with Gasteiger partial charge in [-0.1, -0.05) is 13.0 Å². The van der Waals surface area contributed by atoms with E-state index in [0.717, 1.165) is 24.5 Å². The van der Waals surface area contributed by atoms with Gasteiger partial charge in [-0.05, 0) is 43.6 Å². The molecule has 0 aromatic heterocycles. The Morgan fingerprint density at radius 3 is 2.44 bits per heavy atom. The van der Waals surface area contributed by atoms with Gasteiger partial charge in [-0.15, -0.1) is 0 Å². The lowest BCUT2D eigenvalue weighted by atomic mass is 9.97. The molecule has 3 nitrogen and oxygen atoms in total. The van der Waals surface area contributed by atoms with Gasteiger partial charge in [-0.2, -0.15) is 0 Å². The van der Waals surface area contributed by atoms with E-state index >= 15 is 0 Å². The topological polar surface area (TPSA) is 30.5 Å². The number of hydrogen-bond donors (Lipinski definition) is 1. The van der Waals surface area contributed by atoms with Crippen LogP contribution in [-0.2, 0) is 0 Å². The third-order valence-electron chi connectivity index (χ3n) is 2.80. The summed E-state index contributed by atoms with van der Waals surface area (Å²) in [5.74, 6) is 2.11. The van der Waals surface area contributed by atoms with Crippen molar-refractivity contribution in [3.05, 3.63) is 23.8 Å². The van der Waals surface area contributed by atoms with Gasteiger partial charge in [0.05, 0.1) is 14.2 Å². The van der Waals surface area contributed by atoms with Crippen LogP contribution in [0.1, 0.15) is 24.8 Å². The van der Waals surface area contributed by atoms with E-state index in [0.29, 0.717) is 5.92 Å². The largest absolute Gasteiger partial charge is 0.493 e. The van der Waals surface area contributed by atoms with Crippen molar-refractivity contribution >= 4 is 0 Å². The molecule has 0 radical (unpaired) electrons. The van der Waals surface area contributed by atoms with Crippen LogP contribution in [0.5, 0.6) is 11.5 Å². The molecule has 0 aliphatic heterocycles. The Labute approximate surface area is 97.8 Å². The molecule has 90 valence electrons. The van der Waals surface area contributed by atoms with E-state index in [9.17, 15) is 0 Å². The molecule has 0 saturated carbocycles. The first kappa shape index (κ1) is 12.8. The van der Waals surface area contributed by atoms with Crippen LogP contribution in [0.15, 0.2) is 18.2 Å². The maximum atomic E-state index is 5.29. The molecule has 0 aliphatic carbocycles. The highest BCUT2D eigenvalue weighted by Crippen LogP contribution is 2.31. The Morgan fingerprint density at radius 2 is 1.88 bits per heavy atom. The zero-order chi connectivity index (χ0) is 12.0. The van der Waals surface area contributed by atoms with Crippen molar-refractivity contribution in [1.29, 1.82) is 0 Å². The van der Waals surface area contributed by atoms with Gasteiger partial charge in [-0.3, -0.25) is 0 Å². The van der Waals surface area contributed by atoms with Crippen LogP contribution in [0.25, 0.3) is 0 Å². The van der Waals surface area contributed by atoms with Crippen molar-refractivity contribution < 1.29 is 9.47 Å². The number of ether oxygens (including phenoxy) is 2. The molecule has 0 heterocycles. The molecule has 0 amide bonds. The summed E-state index contributed by atoms with van der Waals surface area (Å²) in [6.45, 7) is 3.24. The zero-order valence-electron chi connectivity index (χ0n) is 10.5. The van der Waals surface area contributed by atoms with E-state index in [-0.39, 0.29) is 0 Å². The van der Waals surface area contributed by atoms with Gasteiger partial charge in [0.2, 0.25) is 0 Å². The Kier molecular flexibility index (Phi) is 5.12. The van der Waals surface area contributed by atoms with Gasteiger partial charge < -0.3 is 14.8 Å². The Hall–Kier alpha value is -1.22. The van der Waals surface area contributed by atoms with Crippen LogP contribution in [0.4, 0.5) is 0 Å². The SMILES string of the molecule is CNCCC(C)c1ccc(OC)c(OC)c1. The highest BCUT2D eigenvalue weighted by molar-refractivity contribution is 5.43. The predicted molar refractivity (Wildman–Crippen MR) is 66.5 cm³/mol. The van der Waals surface area contributed by atoms with Gasteiger partial charge in [-0.25, -0.2) is 0 Å². The number of benzene rings is 1. The fourth-order valence-corrected chi connectivity index (χ4v) is 1.69. The molecule has 1 N–H and O–H groups in total. The first-order chi connectivity index (χ1) is 7.72. The minimum atomic E-state index is 0.521. The van der Waals surface area contributed by atoms with Crippen molar-refractivity contribution in [2.75, 3.05) is 27.8 Å². The third kappa shape index (κ3) is 3.14. The molecule has 0 aliphatic rings. The molecule has 1 unspecified atom stereocenters. The van der Waals surface area contributed by atoms with Crippen LogP contribution >= 0.6 is 0 Å². The molecule has 0 spiro atoms. The first-order valence-electron chi connectivity index (χ1n) is 5.59. The second kappa shape index (κ2) is 6.38. The number of methoxy groups -OCH3 is 2. The summed E-state index contributed by atoms with van der Waals surface area (Å²) < 4.78 is 10.5. The molecule has 1 atom stereocenters. The molecule has 1 rings (SSSR count). The van der Waals surface area contributed by atoms with E-state index < -0.39 is 0 Å². The first-order valence-corrected chi connectivity index (χ1v) is 5.59. The average Bonchev–Trinajstić information content (AvgIpc) is 2.34. The van der Waals surface area contributed by atoms with E-state index in [1.165, 1.54) is 5.56 Å². The standard InChI is InChI=1S/C13H21NO2/c1-10(7-8-14-2)11-5-6-12(15-3)13(9-11)16-4/h5-6,9-10,14H,7-8H2,1-4H3. The summed E-state index contributed by atoms with van der Waals surface area (Å²) in [4.78, 5) is 0. The minimum Gasteiger partial charge on any atom is -0.493 e. The van der Waals surface area contributed by atoms with Crippen molar-refractivity contribution in [2.45, 2.75) is 19.3 Å². The maximum absolute atomic E-state index is 5.29. The van der Waals surface area contributed by atoms with Crippen LogP contribution in [0.3, 0.4) is 0 Å². The molecule has 1 aromatic rings. The fourth-order valence-electron chi connectivity index (χ4n) is 1.69. The smallest absolute Gasteiger partial charge is 0.160 e. The molecule has 1 aromatic carbocycles. The summed E-state index contributed by atoms with van der Waals surface area (Å²) in [5, 5.41) is 3.16. The van der Waals surface area contributed by atoms with Gasteiger partial charge >= 0.3 is 0 Å². The summed E-state index contributed by atoms with van der Waals surface area (Å²) in [6.07, 6.45) is 1.12. The molecule has 0 bridgehead atoms. The van der Waals surface area contributed by atoms with Crippen molar-refractivity contribution in [2.24, 2.45) is 0 Å². The van der Waals surface area contributed by atoms with Crippen LogP contribution in [-0.4, -0.2) is 27.8 Å². The molecule has 3 heteroatoms. The van der Waals surface area contributed by atoms with E-state index in [4.69, 9.17) is 9.47 Å². The average molecular weight is 223 g/mol. The Bertz CT molecular complexity index is 326. The van der Waals surface area contributed by atoms with Gasteiger partial charge in [0.25, 0.3) is 0 Å². The predicted octanol–water partition coefficient (Wildman–Crippen LogP) is 2.42. The van der Waals surface area contributed by atoms with E-state index in [1.807, 2.05) is 13.1 Å². The molecule has 16 heavy (non-hydrogen) atoms. The van der Waals surface area contributed by atoms with Crippen LogP contribution < -0.4 is 14.8 Å². The van der Waals surface area contributed by atoms with Gasteiger partial charge in [0, 0.05) is 0 Å². The second-order valence-corrected chi connectivity index (χ2v) is 3.91. The lowest BCUT2D eigenvalue weighted by Gasteiger charge is -2.14. The van der Waals surface area contributed by atoms with Gasteiger partial charge in [0.15, 0.2) is 11.5 Å². The lowest BCUT2D eigenvalue weighted by molar-refractivity contribution is 0.354. The number of hydrogen-bond acceptors (Lipinski definition) is 3. The second-order valence-electron chi connectivity index (χ2n) is 3.91. The molecule has 0 fully saturated rings. The number of rotatable bonds is 6. The summed E-state index contributed by atoms with van der Waals surface area (Å²) in [7, 11) is 5.29. The minimum absolute atomic E-state index is 0.521. The number of nitrogens with one attached hydrogen (secondary N) is 1. The highest BCUT2D eigenvalue weighted by atomic mass is 16.5. The lowest BCUT2D eigenvalue weighted by Crippen LogP contribution is -2.10. The van der Waals surface area contributed by atoms with Crippen molar-refractivity contribution in [3.8, 4) is 11.5 Å². The Balaban J connectivity index is 2.81. The quantitative estimate of drug-likeness (QED) is 0.803. The Morgan fingerprint density at radius 1 is 1.19 bits per heavy atom. The molecular formula is C13H21NO2. The summed E-state index contributed by atoms with van der Waals surface area (Å²) >= 11 is 0. The maximum Gasteiger partial charge on any atom is 0.160 e. The normalized spacial score (nSPS) is 12.2. The van der Waals surface area contributed by atoms with Gasteiger partial charge in [0.1, 0.15) is 0 Å². The monoisotopic (exact) mass is 223 g/mol. The fraction of sp³-hybridized carbons (Fsp3) is 0.538.